The summed E-state index contributed by atoms with van der Waals surface area (Å²) in [5, 5.41) is 9.97. The van der Waals surface area contributed by atoms with Gasteiger partial charge >= 0.3 is 5.97 Å². The summed E-state index contributed by atoms with van der Waals surface area (Å²) in [5.74, 6) is -2.79. The maximum absolute atomic E-state index is 14.1. The van der Waals surface area contributed by atoms with Crippen LogP contribution in [0.5, 0.6) is 0 Å². The Balaban J connectivity index is 2.07. The van der Waals surface area contributed by atoms with Crippen LogP contribution in [0.25, 0.3) is 0 Å². The largest absolute Gasteiger partial charge is 0.461 e. The Kier molecular flexibility index (Phi) is 7.92. The molecule has 0 radical (unpaired) electrons. The fraction of sp³-hybridized carbons (Fsp3) is 0.731. The highest BCUT2D eigenvalue weighted by molar-refractivity contribution is 5.98. The van der Waals surface area contributed by atoms with Gasteiger partial charge in [0.15, 0.2) is 0 Å². The highest BCUT2D eigenvalue weighted by atomic mass is 16.6. The Bertz CT molecular complexity index is 830. The van der Waals surface area contributed by atoms with Crippen molar-refractivity contribution in [1.82, 2.24) is 9.80 Å². The summed E-state index contributed by atoms with van der Waals surface area (Å²) in [6.45, 7) is 15.7. The van der Waals surface area contributed by atoms with Gasteiger partial charge in [-0.25, -0.2) is 0 Å². The number of nitrogens with zero attached hydrogens (tertiary/aromatic N) is 2. The van der Waals surface area contributed by atoms with Crippen molar-refractivity contribution in [3.63, 3.8) is 0 Å². The Hall–Kier alpha value is -2.19. The van der Waals surface area contributed by atoms with Crippen molar-refractivity contribution in [2.45, 2.75) is 76.7 Å². The molecule has 3 rings (SSSR count). The Morgan fingerprint density at radius 1 is 1.35 bits per heavy atom. The molecule has 190 valence electrons. The zero-order valence-electron chi connectivity index (χ0n) is 21.0. The molecule has 2 amide bonds. The van der Waals surface area contributed by atoms with Gasteiger partial charge in [-0.05, 0) is 32.6 Å². The number of fused-ring (bicyclic) bond motifs is 1. The summed E-state index contributed by atoms with van der Waals surface area (Å²) in [5.41, 5.74) is -2.06. The van der Waals surface area contributed by atoms with Gasteiger partial charge in [-0.2, -0.15) is 0 Å². The van der Waals surface area contributed by atoms with Crippen molar-refractivity contribution in [2.75, 3.05) is 26.3 Å². The molecular weight excluding hydrogens is 436 g/mol. The van der Waals surface area contributed by atoms with Gasteiger partial charge < -0.3 is 24.4 Å². The maximum atomic E-state index is 14.1. The Labute approximate surface area is 202 Å². The number of hydrogen-bond donors (Lipinski definition) is 1. The standard InChI is InChI=1S/C26H40N2O6/c1-7-10-11-13-27(12-8-2)23(31)21-26-15-17(4)25(6,34-26)20(24(32)33-14-9-3)19(26)22(30)28(21)18(5)16-29/h8-9,17-21,29H,2-3,7,10-16H2,1,4-6H3/t17?,18-,19+,20+,21?,25-,26?/m1/s1. The number of likely N-dealkylation sites (tertiary alicyclic amines) is 1. The third-order valence-electron chi connectivity index (χ3n) is 8.02. The van der Waals surface area contributed by atoms with Gasteiger partial charge in [-0.1, -0.05) is 45.4 Å². The van der Waals surface area contributed by atoms with Gasteiger partial charge in [0.2, 0.25) is 11.8 Å². The van der Waals surface area contributed by atoms with E-state index in [-0.39, 0.29) is 30.9 Å². The lowest BCUT2D eigenvalue weighted by Crippen LogP contribution is -2.58. The highest BCUT2D eigenvalue weighted by Crippen LogP contribution is 2.65. The number of carbonyl (C=O) groups excluding carboxylic acids is 3. The van der Waals surface area contributed by atoms with E-state index in [4.69, 9.17) is 9.47 Å². The second-order valence-corrected chi connectivity index (χ2v) is 10.2. The van der Waals surface area contributed by atoms with Crippen LogP contribution in [0.2, 0.25) is 0 Å². The molecule has 3 aliphatic rings. The minimum Gasteiger partial charge on any atom is -0.461 e. The average molecular weight is 477 g/mol. The summed E-state index contributed by atoms with van der Waals surface area (Å²) < 4.78 is 12.0. The van der Waals surface area contributed by atoms with Crippen LogP contribution in [0, 0.1) is 17.8 Å². The molecule has 0 aromatic heterocycles. The Morgan fingerprint density at radius 3 is 2.65 bits per heavy atom. The molecule has 8 nitrogen and oxygen atoms in total. The number of carbonyl (C=O) groups is 3. The van der Waals surface area contributed by atoms with Gasteiger partial charge in [0.25, 0.3) is 0 Å². The highest BCUT2D eigenvalue weighted by Gasteiger charge is 2.80. The summed E-state index contributed by atoms with van der Waals surface area (Å²) in [6.07, 6.45) is 6.49. The van der Waals surface area contributed by atoms with Gasteiger partial charge in [0.05, 0.1) is 24.2 Å². The molecule has 0 aromatic rings. The van der Waals surface area contributed by atoms with Crippen molar-refractivity contribution in [1.29, 1.82) is 0 Å². The molecular formula is C26H40N2O6. The van der Waals surface area contributed by atoms with Crippen molar-refractivity contribution >= 4 is 17.8 Å². The summed E-state index contributed by atoms with van der Waals surface area (Å²) in [4.78, 5) is 44.3. The molecule has 3 unspecified atom stereocenters. The van der Waals surface area contributed by atoms with E-state index in [1.165, 1.54) is 11.0 Å². The van der Waals surface area contributed by atoms with Crippen LogP contribution < -0.4 is 0 Å². The van der Waals surface area contributed by atoms with Gasteiger partial charge in [-0.3, -0.25) is 14.4 Å². The number of esters is 1. The van der Waals surface area contributed by atoms with Crippen molar-refractivity contribution in [3.05, 3.63) is 25.3 Å². The molecule has 1 N–H and O–H groups in total. The van der Waals surface area contributed by atoms with E-state index in [0.717, 1.165) is 19.3 Å². The van der Waals surface area contributed by atoms with Crippen LogP contribution in [0.3, 0.4) is 0 Å². The molecule has 3 saturated heterocycles. The molecule has 1 spiro atoms. The van der Waals surface area contributed by atoms with E-state index in [1.807, 2.05) is 13.8 Å². The second-order valence-electron chi connectivity index (χ2n) is 10.2. The lowest BCUT2D eigenvalue weighted by Gasteiger charge is -2.38. The number of unbranched alkanes of at least 4 members (excludes halogenated alkanes) is 2. The maximum Gasteiger partial charge on any atom is 0.313 e. The first-order valence-corrected chi connectivity index (χ1v) is 12.4. The normalized spacial score (nSPS) is 34.6. The van der Waals surface area contributed by atoms with Gasteiger partial charge in [-0.15, -0.1) is 6.58 Å². The fourth-order valence-corrected chi connectivity index (χ4v) is 6.28. The quantitative estimate of drug-likeness (QED) is 0.264. The molecule has 0 saturated carbocycles. The van der Waals surface area contributed by atoms with Gasteiger partial charge in [0, 0.05) is 13.1 Å². The van der Waals surface area contributed by atoms with Crippen LogP contribution in [0.1, 0.15) is 53.4 Å². The van der Waals surface area contributed by atoms with Crippen molar-refractivity contribution < 1.29 is 29.0 Å². The predicted octanol–water partition coefficient (Wildman–Crippen LogP) is 2.31. The smallest absolute Gasteiger partial charge is 0.313 e. The third kappa shape index (κ3) is 3.98. The molecule has 0 aromatic carbocycles. The van der Waals surface area contributed by atoms with Crippen molar-refractivity contribution in [2.24, 2.45) is 17.8 Å². The van der Waals surface area contributed by atoms with E-state index in [9.17, 15) is 19.5 Å². The van der Waals surface area contributed by atoms with Gasteiger partial charge in [0.1, 0.15) is 24.2 Å². The van der Waals surface area contributed by atoms with Crippen LogP contribution in [0.4, 0.5) is 0 Å². The van der Waals surface area contributed by atoms with Crippen LogP contribution in [0.15, 0.2) is 25.3 Å². The van der Waals surface area contributed by atoms with E-state index in [1.54, 1.807) is 17.9 Å². The topological polar surface area (TPSA) is 96.4 Å². The summed E-state index contributed by atoms with van der Waals surface area (Å²) in [7, 11) is 0. The van der Waals surface area contributed by atoms with E-state index in [0.29, 0.717) is 19.5 Å². The monoisotopic (exact) mass is 476 g/mol. The van der Waals surface area contributed by atoms with E-state index >= 15 is 0 Å². The molecule has 7 atom stereocenters. The zero-order chi connectivity index (χ0) is 25.3. The number of amides is 2. The first-order valence-electron chi connectivity index (χ1n) is 12.4. The summed E-state index contributed by atoms with van der Waals surface area (Å²) in [6, 6.07) is -1.52. The lowest BCUT2D eigenvalue weighted by molar-refractivity contribution is -0.162. The molecule has 0 aliphatic carbocycles. The molecule has 34 heavy (non-hydrogen) atoms. The number of ether oxygens (including phenoxy) is 2. The number of aliphatic hydroxyl groups excluding tert-OH is 1. The molecule has 3 aliphatic heterocycles. The number of hydrogen-bond acceptors (Lipinski definition) is 6. The number of rotatable bonds is 12. The van der Waals surface area contributed by atoms with Crippen LogP contribution in [-0.2, 0) is 23.9 Å². The fourth-order valence-electron chi connectivity index (χ4n) is 6.28. The minimum atomic E-state index is -1.15. The first kappa shape index (κ1) is 26.4. The van der Waals surface area contributed by atoms with Crippen molar-refractivity contribution in [3.8, 4) is 0 Å². The SMILES string of the molecule is C=CCOC(=O)[C@@H]1[C@H]2C(=O)N([C@H](C)CO)C(C(=O)N(CC=C)CCCCC)C23CC(C)[C@@]1(C)O3. The van der Waals surface area contributed by atoms with E-state index in [2.05, 4.69) is 20.1 Å². The zero-order valence-corrected chi connectivity index (χ0v) is 21.0. The van der Waals surface area contributed by atoms with E-state index < -0.39 is 41.1 Å². The minimum absolute atomic E-state index is 0.0390. The third-order valence-corrected chi connectivity index (χ3v) is 8.02. The molecule has 3 fully saturated rings. The van der Waals surface area contributed by atoms with Crippen LogP contribution in [-0.4, -0.2) is 82.3 Å². The Morgan fingerprint density at radius 2 is 2.06 bits per heavy atom. The molecule has 2 bridgehead atoms. The average Bonchev–Trinajstić information content (AvgIpc) is 3.32. The lowest BCUT2D eigenvalue weighted by atomic mass is 9.62. The predicted molar refractivity (Wildman–Crippen MR) is 128 cm³/mol. The number of aliphatic hydroxyl groups is 1. The summed E-state index contributed by atoms with van der Waals surface area (Å²) >= 11 is 0. The first-order chi connectivity index (χ1) is 16.1. The second kappa shape index (κ2) is 10.2. The van der Waals surface area contributed by atoms with Crippen LogP contribution >= 0.6 is 0 Å². The molecule has 3 heterocycles. The molecule has 8 heteroatoms.